The Bertz CT molecular complexity index is 1130. The molecule has 1 N–H and O–H groups in total. The quantitative estimate of drug-likeness (QED) is 0.519. The molecule has 1 aliphatic heterocycles. The first kappa shape index (κ1) is 18.5. The van der Waals surface area contributed by atoms with Crippen LogP contribution >= 0.6 is 11.3 Å². The Labute approximate surface area is 178 Å². The maximum absolute atomic E-state index is 12.8. The lowest BCUT2D eigenvalue weighted by Gasteiger charge is -2.39. The third kappa shape index (κ3) is 3.81. The van der Waals surface area contributed by atoms with Crippen LogP contribution in [-0.2, 0) is 6.54 Å². The van der Waals surface area contributed by atoms with Crippen molar-refractivity contribution in [1.29, 1.82) is 0 Å². The minimum atomic E-state index is -0.154. The molecule has 7 nitrogen and oxygen atoms in total. The van der Waals surface area contributed by atoms with E-state index in [4.69, 9.17) is 0 Å². The summed E-state index contributed by atoms with van der Waals surface area (Å²) in [6.45, 7) is 2.40. The minimum Gasteiger partial charge on any atom is -0.355 e. The van der Waals surface area contributed by atoms with Crippen LogP contribution in [0, 0.1) is 0 Å². The largest absolute Gasteiger partial charge is 0.355 e. The van der Waals surface area contributed by atoms with Crippen molar-refractivity contribution in [2.24, 2.45) is 0 Å². The molecule has 0 spiro atoms. The van der Waals surface area contributed by atoms with Gasteiger partial charge in [0.1, 0.15) is 11.5 Å². The number of hydrogen-bond donors (Lipinski definition) is 1. The highest BCUT2D eigenvalue weighted by Crippen LogP contribution is 2.32. The van der Waals surface area contributed by atoms with Crippen LogP contribution in [0.3, 0.4) is 0 Å². The number of hydrogen-bond acceptors (Lipinski definition) is 6. The molecule has 4 aromatic heterocycles. The molecule has 0 saturated carbocycles. The maximum Gasteiger partial charge on any atom is 0.274 e. The normalized spacial score (nSPS) is 13.8. The molecule has 1 fully saturated rings. The van der Waals surface area contributed by atoms with Crippen LogP contribution in [0.15, 0.2) is 72.6 Å². The van der Waals surface area contributed by atoms with Crippen molar-refractivity contribution in [1.82, 2.24) is 19.5 Å². The molecule has 0 atom stereocenters. The summed E-state index contributed by atoms with van der Waals surface area (Å²) in [6.07, 6.45) is 7.23. The zero-order valence-corrected chi connectivity index (χ0v) is 17.0. The smallest absolute Gasteiger partial charge is 0.274 e. The van der Waals surface area contributed by atoms with Gasteiger partial charge in [0.25, 0.3) is 5.91 Å². The SMILES string of the molecule is O=C(Nc1nc(C2CN(c3ccccn3)C2)cs1)c1cccn1Cc1ccncc1. The van der Waals surface area contributed by atoms with Gasteiger partial charge in [-0.15, -0.1) is 11.3 Å². The molecule has 0 bridgehead atoms. The summed E-state index contributed by atoms with van der Waals surface area (Å²) in [5.74, 6) is 1.20. The number of carbonyl (C=O) groups excluding carboxylic acids is 1. The van der Waals surface area contributed by atoms with E-state index in [9.17, 15) is 4.79 Å². The Balaban J connectivity index is 1.21. The second kappa shape index (κ2) is 8.08. The van der Waals surface area contributed by atoms with Gasteiger partial charge in [-0.05, 0) is 42.0 Å². The third-order valence-electron chi connectivity index (χ3n) is 5.18. The molecule has 8 heteroatoms. The van der Waals surface area contributed by atoms with E-state index in [1.165, 1.54) is 11.3 Å². The highest BCUT2D eigenvalue weighted by Gasteiger charge is 2.31. The van der Waals surface area contributed by atoms with Gasteiger partial charge in [-0.25, -0.2) is 9.97 Å². The fraction of sp³-hybridized carbons (Fsp3) is 0.182. The van der Waals surface area contributed by atoms with Gasteiger partial charge in [-0.3, -0.25) is 15.1 Å². The minimum absolute atomic E-state index is 0.154. The average molecular weight is 417 g/mol. The lowest BCUT2D eigenvalue weighted by atomic mass is 9.97. The second-order valence-electron chi connectivity index (χ2n) is 7.20. The molecule has 150 valence electrons. The standard InChI is InChI=1S/C22H20N6OS/c29-21(19-4-3-11-27(19)12-16-6-9-23-10-7-16)26-22-25-18(15-30-22)17-13-28(14-17)20-5-1-2-8-24-20/h1-11,15,17H,12-14H2,(H,25,26,29). The Kier molecular flexibility index (Phi) is 4.98. The lowest BCUT2D eigenvalue weighted by molar-refractivity contribution is 0.101. The third-order valence-corrected chi connectivity index (χ3v) is 5.96. The van der Waals surface area contributed by atoms with Gasteiger partial charge in [0.05, 0.1) is 5.69 Å². The van der Waals surface area contributed by atoms with E-state index in [0.29, 0.717) is 23.3 Å². The predicted octanol–water partition coefficient (Wildman–Crippen LogP) is 3.64. The summed E-state index contributed by atoms with van der Waals surface area (Å²) in [5, 5.41) is 5.61. The van der Waals surface area contributed by atoms with Crippen LogP contribution in [0.1, 0.15) is 27.7 Å². The second-order valence-corrected chi connectivity index (χ2v) is 8.06. The molecule has 1 saturated heterocycles. The average Bonchev–Trinajstić information content (AvgIpc) is 3.38. The van der Waals surface area contributed by atoms with Crippen molar-refractivity contribution in [3.8, 4) is 0 Å². The van der Waals surface area contributed by atoms with Crippen LogP contribution < -0.4 is 10.2 Å². The maximum atomic E-state index is 12.8. The van der Waals surface area contributed by atoms with Gasteiger partial charge >= 0.3 is 0 Å². The molecule has 0 radical (unpaired) electrons. The topological polar surface area (TPSA) is 75.9 Å². The van der Waals surface area contributed by atoms with Gasteiger partial charge in [0, 0.05) is 55.7 Å². The summed E-state index contributed by atoms with van der Waals surface area (Å²) in [6, 6.07) is 13.5. The summed E-state index contributed by atoms with van der Waals surface area (Å²) in [4.78, 5) is 28.1. The molecule has 0 unspecified atom stereocenters. The van der Waals surface area contributed by atoms with Crippen LogP contribution in [0.4, 0.5) is 10.9 Å². The van der Waals surface area contributed by atoms with E-state index in [1.54, 1.807) is 12.4 Å². The summed E-state index contributed by atoms with van der Waals surface area (Å²) >= 11 is 1.46. The molecule has 30 heavy (non-hydrogen) atoms. The van der Waals surface area contributed by atoms with Gasteiger partial charge in [0.2, 0.25) is 0 Å². The zero-order valence-electron chi connectivity index (χ0n) is 16.2. The number of aromatic nitrogens is 4. The number of nitrogens with one attached hydrogen (secondary N) is 1. The van der Waals surface area contributed by atoms with Gasteiger partial charge in [-0.1, -0.05) is 6.07 Å². The molecule has 5 heterocycles. The van der Waals surface area contributed by atoms with E-state index in [1.807, 2.05) is 64.8 Å². The first-order valence-electron chi connectivity index (χ1n) is 9.73. The first-order chi connectivity index (χ1) is 14.8. The van der Waals surface area contributed by atoms with E-state index in [0.717, 1.165) is 30.2 Å². The Hall–Kier alpha value is -3.52. The van der Waals surface area contributed by atoms with Crippen LogP contribution in [0.5, 0.6) is 0 Å². The van der Waals surface area contributed by atoms with Crippen molar-refractivity contribution >= 4 is 28.2 Å². The molecular formula is C22H20N6OS. The van der Waals surface area contributed by atoms with E-state index in [-0.39, 0.29) is 5.91 Å². The van der Waals surface area contributed by atoms with Gasteiger partial charge < -0.3 is 9.47 Å². The number of rotatable bonds is 6. The Morgan fingerprint density at radius 3 is 2.77 bits per heavy atom. The molecule has 1 aliphatic rings. The van der Waals surface area contributed by atoms with Gasteiger partial charge in [0.15, 0.2) is 5.13 Å². The van der Waals surface area contributed by atoms with Gasteiger partial charge in [-0.2, -0.15) is 0 Å². The van der Waals surface area contributed by atoms with Crippen molar-refractivity contribution < 1.29 is 4.79 Å². The molecule has 5 rings (SSSR count). The number of amides is 1. The molecule has 1 amide bonds. The molecule has 0 aromatic carbocycles. The van der Waals surface area contributed by atoms with Crippen molar-refractivity contribution in [3.63, 3.8) is 0 Å². The fourth-order valence-corrected chi connectivity index (χ4v) is 4.32. The van der Waals surface area contributed by atoms with E-state index in [2.05, 4.69) is 25.2 Å². The summed E-state index contributed by atoms with van der Waals surface area (Å²) < 4.78 is 1.93. The zero-order chi connectivity index (χ0) is 20.3. The number of nitrogens with zero attached hydrogens (tertiary/aromatic N) is 5. The van der Waals surface area contributed by atoms with Crippen LogP contribution in [-0.4, -0.2) is 38.5 Å². The first-order valence-corrected chi connectivity index (χ1v) is 10.6. The summed E-state index contributed by atoms with van der Waals surface area (Å²) in [7, 11) is 0. The summed E-state index contributed by atoms with van der Waals surface area (Å²) in [5.41, 5.74) is 2.72. The van der Waals surface area contributed by atoms with Crippen LogP contribution in [0.25, 0.3) is 0 Å². The van der Waals surface area contributed by atoms with Crippen molar-refractivity contribution in [3.05, 3.63) is 89.6 Å². The lowest BCUT2D eigenvalue weighted by Crippen LogP contribution is -2.45. The number of carbonyl (C=O) groups is 1. The Morgan fingerprint density at radius 2 is 1.97 bits per heavy atom. The molecule has 4 aromatic rings. The van der Waals surface area contributed by atoms with E-state index < -0.39 is 0 Å². The van der Waals surface area contributed by atoms with Crippen molar-refractivity contribution in [2.45, 2.75) is 12.5 Å². The predicted molar refractivity (Wildman–Crippen MR) is 117 cm³/mol. The molecular weight excluding hydrogens is 396 g/mol. The highest BCUT2D eigenvalue weighted by molar-refractivity contribution is 7.14. The van der Waals surface area contributed by atoms with Crippen molar-refractivity contribution in [2.75, 3.05) is 23.3 Å². The number of thiazole rings is 1. The van der Waals surface area contributed by atoms with Crippen LogP contribution in [0.2, 0.25) is 0 Å². The molecule has 0 aliphatic carbocycles. The number of anilines is 2. The monoisotopic (exact) mass is 416 g/mol. The number of pyridine rings is 2. The van der Waals surface area contributed by atoms with E-state index >= 15 is 0 Å². The Morgan fingerprint density at radius 1 is 1.10 bits per heavy atom. The fourth-order valence-electron chi connectivity index (χ4n) is 3.53. The highest BCUT2D eigenvalue weighted by atomic mass is 32.1.